The van der Waals surface area contributed by atoms with Gasteiger partial charge in [-0.3, -0.25) is 4.90 Å². The van der Waals surface area contributed by atoms with Gasteiger partial charge in [0.1, 0.15) is 0 Å². The quantitative estimate of drug-likeness (QED) is 0.912. The molecule has 1 aromatic carbocycles. The summed E-state index contributed by atoms with van der Waals surface area (Å²) in [6.07, 6.45) is 4.07. The van der Waals surface area contributed by atoms with Crippen LogP contribution in [0.1, 0.15) is 44.2 Å². The van der Waals surface area contributed by atoms with Crippen LogP contribution in [0.25, 0.3) is 0 Å². The summed E-state index contributed by atoms with van der Waals surface area (Å²) in [6.45, 7) is 1.92. The molecule has 0 bridgehead atoms. The molecular formula is C15H22F2N2. The fraction of sp³-hybridized carbons (Fsp3) is 0.600. The standard InChI is InChI=1S/C15H22F2N2/c1-10(13-4-3-5-14(16)15(13)17)19(2)12-8-6-11(18)7-9-12/h3-5,10-12H,6-9,18H2,1-2H3. The van der Waals surface area contributed by atoms with E-state index in [1.165, 1.54) is 0 Å². The summed E-state index contributed by atoms with van der Waals surface area (Å²) in [5, 5.41) is 0. The molecule has 0 radical (unpaired) electrons. The van der Waals surface area contributed by atoms with Gasteiger partial charge in [0.25, 0.3) is 0 Å². The lowest BCUT2D eigenvalue weighted by atomic mass is 9.89. The summed E-state index contributed by atoms with van der Waals surface area (Å²) >= 11 is 0. The van der Waals surface area contributed by atoms with E-state index < -0.39 is 11.6 Å². The van der Waals surface area contributed by atoms with Crippen molar-refractivity contribution < 1.29 is 8.78 Å². The third-order valence-electron chi connectivity index (χ3n) is 4.36. The summed E-state index contributed by atoms with van der Waals surface area (Å²) < 4.78 is 27.1. The summed E-state index contributed by atoms with van der Waals surface area (Å²) in [5.41, 5.74) is 6.33. The number of hydrogen-bond acceptors (Lipinski definition) is 2. The third-order valence-corrected chi connectivity index (χ3v) is 4.36. The van der Waals surface area contributed by atoms with E-state index in [1.54, 1.807) is 12.1 Å². The number of nitrogens with two attached hydrogens (primary N) is 1. The second-order valence-electron chi connectivity index (χ2n) is 5.55. The molecule has 1 aromatic rings. The first-order valence-electron chi connectivity index (χ1n) is 6.92. The molecule has 1 saturated carbocycles. The lowest BCUT2D eigenvalue weighted by Gasteiger charge is -2.37. The van der Waals surface area contributed by atoms with Crippen LogP contribution in [0.4, 0.5) is 8.78 Å². The fourth-order valence-corrected chi connectivity index (χ4v) is 2.89. The first kappa shape index (κ1) is 14.4. The maximum absolute atomic E-state index is 13.8. The van der Waals surface area contributed by atoms with Crippen molar-refractivity contribution in [2.75, 3.05) is 7.05 Å². The van der Waals surface area contributed by atoms with Crippen molar-refractivity contribution in [3.8, 4) is 0 Å². The van der Waals surface area contributed by atoms with E-state index in [-0.39, 0.29) is 6.04 Å². The molecule has 0 aliphatic heterocycles. The molecule has 2 nitrogen and oxygen atoms in total. The van der Waals surface area contributed by atoms with Crippen molar-refractivity contribution in [3.63, 3.8) is 0 Å². The molecule has 1 aliphatic carbocycles. The number of rotatable bonds is 3. The van der Waals surface area contributed by atoms with Crippen LogP contribution in [0.3, 0.4) is 0 Å². The van der Waals surface area contributed by atoms with Crippen LogP contribution < -0.4 is 5.73 Å². The molecule has 0 saturated heterocycles. The Balaban J connectivity index is 2.10. The van der Waals surface area contributed by atoms with Crippen LogP contribution in [0, 0.1) is 11.6 Å². The average Bonchev–Trinajstić information content (AvgIpc) is 2.41. The van der Waals surface area contributed by atoms with Gasteiger partial charge in [-0.1, -0.05) is 12.1 Å². The zero-order valence-corrected chi connectivity index (χ0v) is 11.6. The summed E-state index contributed by atoms with van der Waals surface area (Å²) in [4.78, 5) is 2.14. The molecule has 0 spiro atoms. The lowest BCUT2D eigenvalue weighted by Crippen LogP contribution is -2.40. The molecule has 1 unspecified atom stereocenters. The first-order valence-corrected chi connectivity index (χ1v) is 6.92. The highest BCUT2D eigenvalue weighted by atomic mass is 19.2. The normalized spacial score (nSPS) is 25.6. The Morgan fingerprint density at radius 1 is 1.21 bits per heavy atom. The maximum Gasteiger partial charge on any atom is 0.163 e. The highest BCUT2D eigenvalue weighted by Gasteiger charge is 2.27. The van der Waals surface area contributed by atoms with Crippen molar-refractivity contribution >= 4 is 0 Å². The maximum atomic E-state index is 13.8. The van der Waals surface area contributed by atoms with Gasteiger partial charge < -0.3 is 5.73 Å². The zero-order valence-electron chi connectivity index (χ0n) is 11.6. The fourth-order valence-electron chi connectivity index (χ4n) is 2.89. The minimum Gasteiger partial charge on any atom is -0.328 e. The van der Waals surface area contributed by atoms with Crippen LogP contribution in [0.5, 0.6) is 0 Å². The first-order chi connectivity index (χ1) is 9.00. The van der Waals surface area contributed by atoms with Crippen molar-refractivity contribution in [1.82, 2.24) is 4.90 Å². The number of benzene rings is 1. The molecule has 1 aliphatic rings. The van der Waals surface area contributed by atoms with Crippen molar-refractivity contribution in [1.29, 1.82) is 0 Å². The van der Waals surface area contributed by atoms with Gasteiger partial charge in [0.05, 0.1) is 0 Å². The lowest BCUT2D eigenvalue weighted by molar-refractivity contribution is 0.138. The van der Waals surface area contributed by atoms with Crippen molar-refractivity contribution in [3.05, 3.63) is 35.4 Å². The highest BCUT2D eigenvalue weighted by molar-refractivity contribution is 5.22. The topological polar surface area (TPSA) is 29.3 Å². The van der Waals surface area contributed by atoms with Gasteiger partial charge in [0.15, 0.2) is 11.6 Å². The van der Waals surface area contributed by atoms with E-state index in [9.17, 15) is 8.78 Å². The molecule has 0 amide bonds. The molecular weight excluding hydrogens is 246 g/mol. The van der Waals surface area contributed by atoms with Gasteiger partial charge in [-0.2, -0.15) is 0 Å². The van der Waals surface area contributed by atoms with Crippen LogP contribution >= 0.6 is 0 Å². The SMILES string of the molecule is CC(c1cccc(F)c1F)N(C)C1CCC(N)CC1. The molecule has 4 heteroatoms. The summed E-state index contributed by atoms with van der Waals surface area (Å²) in [5.74, 6) is -1.50. The molecule has 0 aromatic heterocycles. The monoisotopic (exact) mass is 268 g/mol. The third kappa shape index (κ3) is 3.12. The van der Waals surface area contributed by atoms with Gasteiger partial charge in [-0.05, 0) is 45.7 Å². The predicted octanol–water partition coefficient (Wildman–Crippen LogP) is 3.23. The van der Waals surface area contributed by atoms with E-state index in [1.807, 2.05) is 14.0 Å². The number of hydrogen-bond donors (Lipinski definition) is 1. The summed E-state index contributed by atoms with van der Waals surface area (Å²) in [6, 6.07) is 4.95. The Morgan fingerprint density at radius 2 is 1.84 bits per heavy atom. The van der Waals surface area contributed by atoms with E-state index in [2.05, 4.69) is 4.90 Å². The minimum absolute atomic E-state index is 0.130. The molecule has 1 fully saturated rings. The van der Waals surface area contributed by atoms with E-state index in [0.29, 0.717) is 17.6 Å². The highest BCUT2D eigenvalue weighted by Crippen LogP contribution is 2.30. The second kappa shape index (κ2) is 5.97. The smallest absolute Gasteiger partial charge is 0.163 e. The van der Waals surface area contributed by atoms with Crippen LogP contribution in [0.2, 0.25) is 0 Å². The van der Waals surface area contributed by atoms with Crippen molar-refractivity contribution in [2.24, 2.45) is 5.73 Å². The Labute approximate surface area is 113 Å². The Hall–Kier alpha value is -1.00. The van der Waals surface area contributed by atoms with E-state index in [4.69, 9.17) is 5.73 Å². The predicted molar refractivity (Wildman–Crippen MR) is 72.8 cm³/mol. The number of nitrogens with zero attached hydrogens (tertiary/aromatic N) is 1. The van der Waals surface area contributed by atoms with Gasteiger partial charge >= 0.3 is 0 Å². The van der Waals surface area contributed by atoms with Crippen LogP contribution in [0.15, 0.2) is 18.2 Å². The molecule has 2 rings (SSSR count). The molecule has 1 atom stereocenters. The molecule has 2 N–H and O–H groups in total. The van der Waals surface area contributed by atoms with E-state index >= 15 is 0 Å². The average molecular weight is 268 g/mol. The minimum atomic E-state index is -0.775. The van der Waals surface area contributed by atoms with Gasteiger partial charge in [-0.15, -0.1) is 0 Å². The molecule has 0 heterocycles. The largest absolute Gasteiger partial charge is 0.328 e. The van der Waals surface area contributed by atoms with Crippen molar-refractivity contribution in [2.45, 2.75) is 50.7 Å². The summed E-state index contributed by atoms with van der Waals surface area (Å²) in [7, 11) is 1.98. The Kier molecular flexibility index (Phi) is 4.53. The van der Waals surface area contributed by atoms with Crippen LogP contribution in [-0.2, 0) is 0 Å². The van der Waals surface area contributed by atoms with Gasteiger partial charge in [0.2, 0.25) is 0 Å². The van der Waals surface area contributed by atoms with E-state index in [0.717, 1.165) is 31.7 Å². The zero-order chi connectivity index (χ0) is 14.0. The Morgan fingerprint density at radius 3 is 2.47 bits per heavy atom. The van der Waals surface area contributed by atoms with Crippen LogP contribution in [-0.4, -0.2) is 24.0 Å². The van der Waals surface area contributed by atoms with Gasteiger partial charge in [0, 0.05) is 23.7 Å². The molecule has 19 heavy (non-hydrogen) atoms. The Bertz CT molecular complexity index is 428. The molecule has 106 valence electrons. The number of halogens is 2. The van der Waals surface area contributed by atoms with Gasteiger partial charge in [-0.25, -0.2) is 8.78 Å². The second-order valence-corrected chi connectivity index (χ2v) is 5.55.